The lowest BCUT2D eigenvalue weighted by Gasteiger charge is -2.04. The summed E-state index contributed by atoms with van der Waals surface area (Å²) in [6, 6.07) is 16.3. The number of benzene rings is 2. The minimum absolute atomic E-state index is 0.259. The van der Waals surface area contributed by atoms with Crippen LogP contribution in [0, 0.1) is 0 Å². The molecule has 0 fully saturated rings. The highest BCUT2D eigenvalue weighted by Crippen LogP contribution is 2.10. The van der Waals surface area contributed by atoms with Crippen molar-refractivity contribution in [2.24, 2.45) is 0 Å². The fourth-order valence-corrected chi connectivity index (χ4v) is 1.21. The summed E-state index contributed by atoms with van der Waals surface area (Å²) >= 11 is 0. The molecule has 0 amide bonds. The van der Waals surface area contributed by atoms with Gasteiger partial charge in [-0.1, -0.05) is 36.4 Å². The number of carbonyl (C=O) groups excluding carboxylic acids is 2. The second-order valence-electron chi connectivity index (χ2n) is 3.63. The summed E-state index contributed by atoms with van der Waals surface area (Å²) in [5.41, 5.74) is 0. The lowest BCUT2D eigenvalue weighted by Crippen LogP contribution is -2.16. The molecule has 2 aromatic carbocycles. The first-order chi connectivity index (χ1) is 10.7. The van der Waals surface area contributed by atoms with Crippen LogP contribution < -0.4 is 9.78 Å². The minimum atomic E-state index is -1.40. The summed E-state index contributed by atoms with van der Waals surface area (Å²) in [5, 5.41) is 0. The van der Waals surface area contributed by atoms with Crippen LogP contribution in [0.25, 0.3) is 0 Å². The highest BCUT2D eigenvalue weighted by molar-refractivity contribution is 5.62. The highest BCUT2D eigenvalue weighted by Gasteiger charge is 2.15. The lowest BCUT2D eigenvalue weighted by atomic mass is 10.3. The fourth-order valence-electron chi connectivity index (χ4n) is 1.21. The van der Waals surface area contributed by atoms with Gasteiger partial charge in [-0.15, -0.1) is 0 Å². The molecule has 0 unspecified atom stereocenters. The maximum absolute atomic E-state index is 11.1. The Balaban J connectivity index is 1.62. The van der Waals surface area contributed by atoms with Gasteiger partial charge in [-0.3, -0.25) is 9.78 Å². The maximum Gasteiger partial charge on any atom is 0.592 e. The average Bonchev–Trinajstić information content (AvgIpc) is 2.58. The van der Waals surface area contributed by atoms with Crippen molar-refractivity contribution in [1.82, 2.24) is 0 Å². The molecule has 0 saturated carbocycles. The van der Waals surface area contributed by atoms with Gasteiger partial charge < -0.3 is 0 Å². The van der Waals surface area contributed by atoms with Gasteiger partial charge in [0.25, 0.3) is 0 Å². The SMILES string of the molecule is O=C(OOC(=O)OOc1ccccc1)OOc1ccccc1. The van der Waals surface area contributed by atoms with Crippen molar-refractivity contribution in [1.29, 1.82) is 0 Å². The molecule has 0 bridgehead atoms. The topological polar surface area (TPSA) is 89.5 Å². The summed E-state index contributed by atoms with van der Waals surface area (Å²) in [6.45, 7) is 0. The highest BCUT2D eigenvalue weighted by atomic mass is 17.4. The van der Waals surface area contributed by atoms with Crippen LogP contribution in [0.15, 0.2) is 60.7 Å². The van der Waals surface area contributed by atoms with Crippen molar-refractivity contribution in [3.63, 3.8) is 0 Å². The van der Waals surface area contributed by atoms with E-state index in [0.717, 1.165) is 0 Å². The molecule has 0 aliphatic carbocycles. The largest absolute Gasteiger partial charge is 0.592 e. The van der Waals surface area contributed by atoms with Crippen LogP contribution in [0.3, 0.4) is 0 Å². The molecule has 8 heteroatoms. The van der Waals surface area contributed by atoms with E-state index in [9.17, 15) is 9.59 Å². The van der Waals surface area contributed by atoms with Crippen molar-refractivity contribution >= 4 is 12.3 Å². The molecule has 0 aliphatic heterocycles. The molecule has 0 aromatic heterocycles. The Morgan fingerprint density at radius 1 is 0.545 bits per heavy atom. The summed E-state index contributed by atoms with van der Waals surface area (Å²) < 4.78 is 0. The fraction of sp³-hybridized carbons (Fsp3) is 0. The molecule has 22 heavy (non-hydrogen) atoms. The molecule has 0 N–H and O–H groups in total. The zero-order valence-corrected chi connectivity index (χ0v) is 11.0. The Bertz CT molecular complexity index is 543. The summed E-state index contributed by atoms with van der Waals surface area (Å²) in [6.07, 6.45) is -2.80. The molecule has 0 saturated heterocycles. The normalized spacial score (nSPS) is 9.27. The van der Waals surface area contributed by atoms with Gasteiger partial charge in [-0.05, 0) is 24.3 Å². The number of para-hydroxylation sites is 2. The number of hydrogen-bond acceptors (Lipinski definition) is 8. The van der Waals surface area contributed by atoms with Crippen LogP contribution in [-0.4, -0.2) is 12.3 Å². The number of carbonyl (C=O) groups is 2. The first-order valence-electron chi connectivity index (χ1n) is 5.95. The smallest absolute Gasteiger partial charge is 0.284 e. The molecular weight excluding hydrogens is 296 g/mol. The molecule has 0 radical (unpaired) electrons. The summed E-state index contributed by atoms with van der Waals surface area (Å²) in [4.78, 5) is 47.6. The van der Waals surface area contributed by atoms with Crippen LogP contribution in [-0.2, 0) is 19.6 Å². The zero-order chi connectivity index (χ0) is 15.6. The first-order valence-corrected chi connectivity index (χ1v) is 5.95. The lowest BCUT2D eigenvalue weighted by molar-refractivity contribution is -0.285. The molecule has 114 valence electrons. The Morgan fingerprint density at radius 2 is 0.909 bits per heavy atom. The van der Waals surface area contributed by atoms with Gasteiger partial charge >= 0.3 is 12.3 Å². The first kappa shape index (κ1) is 15.0. The van der Waals surface area contributed by atoms with Gasteiger partial charge in [0.2, 0.25) is 0 Å². The minimum Gasteiger partial charge on any atom is -0.284 e. The number of hydrogen-bond donors (Lipinski definition) is 0. The van der Waals surface area contributed by atoms with Crippen LogP contribution in [0.1, 0.15) is 0 Å². The Morgan fingerprint density at radius 3 is 1.27 bits per heavy atom. The zero-order valence-electron chi connectivity index (χ0n) is 11.0. The predicted molar refractivity (Wildman–Crippen MR) is 69.3 cm³/mol. The second kappa shape index (κ2) is 8.00. The third kappa shape index (κ3) is 5.29. The van der Waals surface area contributed by atoms with Gasteiger partial charge in [-0.2, -0.15) is 19.4 Å². The van der Waals surface area contributed by atoms with Crippen LogP contribution >= 0.6 is 0 Å². The standard InChI is InChI=1S/C14H10O8/c15-13(19-17-11-7-3-1-4-8-11)21-22-14(16)20-18-12-9-5-2-6-10-12/h1-10H. The summed E-state index contributed by atoms with van der Waals surface area (Å²) in [5.74, 6) is 0.517. The van der Waals surface area contributed by atoms with Crippen molar-refractivity contribution in [3.8, 4) is 11.5 Å². The van der Waals surface area contributed by atoms with Crippen molar-refractivity contribution in [2.45, 2.75) is 0 Å². The van der Waals surface area contributed by atoms with Crippen molar-refractivity contribution < 1.29 is 38.9 Å². The quantitative estimate of drug-likeness (QED) is 0.628. The Kier molecular flexibility index (Phi) is 5.45. The van der Waals surface area contributed by atoms with E-state index in [0.29, 0.717) is 0 Å². The van der Waals surface area contributed by atoms with E-state index in [1.165, 1.54) is 24.3 Å². The average molecular weight is 306 g/mol. The van der Waals surface area contributed by atoms with Gasteiger partial charge in [0, 0.05) is 0 Å². The predicted octanol–water partition coefficient (Wildman–Crippen LogP) is 3.20. The molecule has 0 aliphatic rings. The van der Waals surface area contributed by atoms with E-state index in [2.05, 4.69) is 29.3 Å². The van der Waals surface area contributed by atoms with E-state index >= 15 is 0 Å². The Hall–Kier alpha value is -3.42. The second-order valence-corrected chi connectivity index (χ2v) is 3.63. The van der Waals surface area contributed by atoms with Crippen LogP contribution in [0.5, 0.6) is 11.5 Å². The van der Waals surface area contributed by atoms with E-state index in [1.54, 1.807) is 36.4 Å². The molecule has 0 heterocycles. The van der Waals surface area contributed by atoms with Gasteiger partial charge in [0.1, 0.15) is 0 Å². The maximum atomic E-state index is 11.1. The molecule has 2 rings (SSSR count). The molecular formula is C14H10O8. The third-order valence-electron chi connectivity index (χ3n) is 2.08. The van der Waals surface area contributed by atoms with Gasteiger partial charge in [0.15, 0.2) is 11.5 Å². The monoisotopic (exact) mass is 306 g/mol. The Labute approximate surface area is 124 Å². The van der Waals surface area contributed by atoms with Crippen molar-refractivity contribution in [2.75, 3.05) is 0 Å². The van der Waals surface area contributed by atoms with E-state index < -0.39 is 12.3 Å². The van der Waals surface area contributed by atoms with E-state index in [4.69, 9.17) is 0 Å². The molecule has 0 spiro atoms. The molecule has 2 aromatic rings. The van der Waals surface area contributed by atoms with Crippen LogP contribution in [0.2, 0.25) is 0 Å². The van der Waals surface area contributed by atoms with Crippen LogP contribution in [0.4, 0.5) is 9.59 Å². The summed E-state index contributed by atoms with van der Waals surface area (Å²) in [7, 11) is 0. The molecule has 8 nitrogen and oxygen atoms in total. The number of rotatable bonds is 4. The molecule has 0 atom stereocenters. The third-order valence-corrected chi connectivity index (χ3v) is 2.08. The van der Waals surface area contributed by atoms with Gasteiger partial charge in [0.05, 0.1) is 0 Å². The van der Waals surface area contributed by atoms with E-state index in [-0.39, 0.29) is 11.5 Å². The van der Waals surface area contributed by atoms with E-state index in [1.807, 2.05) is 0 Å². The van der Waals surface area contributed by atoms with Crippen molar-refractivity contribution in [3.05, 3.63) is 60.7 Å². The van der Waals surface area contributed by atoms with Gasteiger partial charge in [-0.25, -0.2) is 9.78 Å².